The van der Waals surface area contributed by atoms with Gasteiger partial charge in [-0.15, -0.1) is 11.6 Å². The van der Waals surface area contributed by atoms with Crippen molar-refractivity contribution in [3.8, 4) is 6.07 Å². The summed E-state index contributed by atoms with van der Waals surface area (Å²) >= 11 is 11.5. The third kappa shape index (κ3) is 2.77. The Morgan fingerprint density at radius 2 is 2.23 bits per heavy atom. The summed E-state index contributed by atoms with van der Waals surface area (Å²) in [6, 6.07) is 7.40. The number of allylic oxidation sites excluding steroid dienone is 1. The molecule has 1 nitrogen and oxygen atoms in total. The molecule has 0 unspecified atom stereocenters. The number of nitriles is 1. The van der Waals surface area contributed by atoms with E-state index in [0.717, 1.165) is 11.1 Å². The van der Waals surface area contributed by atoms with Crippen molar-refractivity contribution in [2.45, 2.75) is 5.88 Å². The summed E-state index contributed by atoms with van der Waals surface area (Å²) in [6.07, 6.45) is 3.13. The molecule has 0 aliphatic carbocycles. The molecule has 1 aromatic rings. The van der Waals surface area contributed by atoms with Gasteiger partial charge >= 0.3 is 0 Å². The molecule has 0 amide bonds. The van der Waals surface area contributed by atoms with E-state index >= 15 is 0 Å². The van der Waals surface area contributed by atoms with E-state index in [4.69, 9.17) is 28.5 Å². The molecule has 1 rings (SSSR count). The molecule has 0 aromatic heterocycles. The van der Waals surface area contributed by atoms with Crippen molar-refractivity contribution in [1.82, 2.24) is 0 Å². The van der Waals surface area contributed by atoms with Crippen molar-refractivity contribution >= 4 is 29.3 Å². The lowest BCUT2D eigenvalue weighted by molar-refractivity contribution is 1.39. The average Bonchev–Trinajstić information content (AvgIpc) is 2.16. The predicted octanol–water partition coefficient (Wildman–Crippen LogP) is 3.62. The SMILES string of the molecule is N#CC=Cc1ccc(Cl)c(CCl)c1. The maximum Gasteiger partial charge on any atom is 0.0912 e. The van der Waals surface area contributed by atoms with Gasteiger partial charge in [0.2, 0.25) is 0 Å². The van der Waals surface area contributed by atoms with Crippen molar-refractivity contribution in [2.75, 3.05) is 0 Å². The molecule has 3 heteroatoms. The van der Waals surface area contributed by atoms with Gasteiger partial charge in [-0.3, -0.25) is 0 Å². The van der Waals surface area contributed by atoms with E-state index in [2.05, 4.69) is 0 Å². The number of hydrogen-bond acceptors (Lipinski definition) is 1. The highest BCUT2D eigenvalue weighted by molar-refractivity contribution is 6.32. The van der Waals surface area contributed by atoms with Gasteiger partial charge in [-0.25, -0.2) is 0 Å². The van der Waals surface area contributed by atoms with Crippen molar-refractivity contribution < 1.29 is 0 Å². The van der Waals surface area contributed by atoms with Crippen LogP contribution in [0.3, 0.4) is 0 Å². The molecular formula is C10H7Cl2N. The smallest absolute Gasteiger partial charge is 0.0912 e. The molecule has 66 valence electrons. The molecule has 0 bridgehead atoms. The monoisotopic (exact) mass is 211 g/mol. The first-order chi connectivity index (χ1) is 6.27. The molecule has 0 N–H and O–H groups in total. The molecule has 0 heterocycles. The predicted molar refractivity (Wildman–Crippen MR) is 55.7 cm³/mol. The fourth-order valence-corrected chi connectivity index (χ4v) is 1.41. The zero-order chi connectivity index (χ0) is 9.68. The third-order valence-corrected chi connectivity index (χ3v) is 2.22. The van der Waals surface area contributed by atoms with Crippen LogP contribution in [0.4, 0.5) is 0 Å². The lowest BCUT2D eigenvalue weighted by atomic mass is 10.1. The van der Waals surface area contributed by atoms with Gasteiger partial charge in [0.1, 0.15) is 0 Å². The van der Waals surface area contributed by atoms with E-state index in [1.54, 1.807) is 12.1 Å². The van der Waals surface area contributed by atoms with Crippen LogP contribution in [-0.4, -0.2) is 0 Å². The van der Waals surface area contributed by atoms with Gasteiger partial charge < -0.3 is 0 Å². The molecule has 0 saturated heterocycles. The molecule has 0 spiro atoms. The lowest BCUT2D eigenvalue weighted by Crippen LogP contribution is -1.81. The van der Waals surface area contributed by atoms with E-state index in [1.807, 2.05) is 18.2 Å². The van der Waals surface area contributed by atoms with Crippen LogP contribution >= 0.6 is 23.2 Å². The highest BCUT2D eigenvalue weighted by Gasteiger charge is 1.98. The Morgan fingerprint density at radius 1 is 1.46 bits per heavy atom. The fourth-order valence-electron chi connectivity index (χ4n) is 0.934. The zero-order valence-electron chi connectivity index (χ0n) is 6.80. The maximum absolute atomic E-state index is 8.32. The number of alkyl halides is 1. The van der Waals surface area contributed by atoms with Gasteiger partial charge in [-0.1, -0.05) is 17.7 Å². The van der Waals surface area contributed by atoms with E-state index in [1.165, 1.54) is 6.08 Å². The van der Waals surface area contributed by atoms with Crippen LogP contribution in [0.5, 0.6) is 0 Å². The quantitative estimate of drug-likeness (QED) is 0.542. The molecule has 1 aromatic carbocycles. The third-order valence-electron chi connectivity index (χ3n) is 1.56. The standard InChI is InChI=1S/C10H7Cl2N/c11-7-9-6-8(2-1-5-13)3-4-10(9)12/h1-4,6H,7H2. The van der Waals surface area contributed by atoms with E-state index in [-0.39, 0.29) is 0 Å². The fraction of sp³-hybridized carbons (Fsp3) is 0.100. The average molecular weight is 212 g/mol. The van der Waals surface area contributed by atoms with Gasteiger partial charge in [0.15, 0.2) is 0 Å². The summed E-state index contributed by atoms with van der Waals surface area (Å²) in [4.78, 5) is 0. The van der Waals surface area contributed by atoms with Crippen LogP contribution in [0, 0.1) is 11.3 Å². The Bertz CT molecular complexity index is 364. The summed E-state index contributed by atoms with van der Waals surface area (Å²) in [5, 5.41) is 8.98. The van der Waals surface area contributed by atoms with Crippen LogP contribution in [0.1, 0.15) is 11.1 Å². The Kier molecular flexibility index (Phi) is 3.82. The summed E-state index contributed by atoms with van der Waals surface area (Å²) in [6.45, 7) is 0. The summed E-state index contributed by atoms with van der Waals surface area (Å²) in [7, 11) is 0. The van der Waals surface area contributed by atoms with E-state index < -0.39 is 0 Å². The molecular weight excluding hydrogens is 205 g/mol. The molecule has 0 aliphatic rings. The molecule has 0 fully saturated rings. The zero-order valence-corrected chi connectivity index (χ0v) is 8.31. The molecule has 13 heavy (non-hydrogen) atoms. The van der Waals surface area contributed by atoms with E-state index in [9.17, 15) is 0 Å². The van der Waals surface area contributed by atoms with Gasteiger partial charge in [0, 0.05) is 17.0 Å². The van der Waals surface area contributed by atoms with Gasteiger partial charge in [0.25, 0.3) is 0 Å². The topological polar surface area (TPSA) is 23.8 Å². The first-order valence-corrected chi connectivity index (χ1v) is 4.59. The highest BCUT2D eigenvalue weighted by atomic mass is 35.5. The summed E-state index contributed by atoms with van der Waals surface area (Å²) in [5.41, 5.74) is 1.81. The second kappa shape index (κ2) is 4.91. The molecule has 0 radical (unpaired) electrons. The first kappa shape index (κ1) is 10.1. The Labute approximate surface area is 87.2 Å². The second-order valence-electron chi connectivity index (χ2n) is 2.45. The largest absolute Gasteiger partial charge is 0.193 e. The minimum Gasteiger partial charge on any atom is -0.193 e. The Hall–Kier alpha value is -0.970. The maximum atomic E-state index is 8.32. The van der Waals surface area contributed by atoms with Gasteiger partial charge in [-0.05, 0) is 29.3 Å². The minimum atomic E-state index is 0.382. The molecule has 0 aliphatic heterocycles. The summed E-state index contributed by atoms with van der Waals surface area (Å²) in [5.74, 6) is 0.382. The number of hydrogen-bond donors (Lipinski definition) is 0. The minimum absolute atomic E-state index is 0.382. The second-order valence-corrected chi connectivity index (χ2v) is 3.12. The van der Waals surface area contributed by atoms with Crippen molar-refractivity contribution in [2.24, 2.45) is 0 Å². The molecule has 0 atom stereocenters. The van der Waals surface area contributed by atoms with Crippen molar-refractivity contribution in [3.63, 3.8) is 0 Å². The van der Waals surface area contributed by atoms with Crippen LogP contribution in [0.2, 0.25) is 5.02 Å². The number of nitrogens with zero attached hydrogens (tertiary/aromatic N) is 1. The Morgan fingerprint density at radius 3 is 2.85 bits per heavy atom. The number of benzene rings is 1. The van der Waals surface area contributed by atoms with Gasteiger partial charge in [0.05, 0.1) is 6.07 Å². The van der Waals surface area contributed by atoms with Gasteiger partial charge in [-0.2, -0.15) is 5.26 Å². The highest BCUT2D eigenvalue weighted by Crippen LogP contribution is 2.19. The first-order valence-electron chi connectivity index (χ1n) is 3.68. The Balaban J connectivity index is 3.01. The van der Waals surface area contributed by atoms with Crippen LogP contribution in [0.15, 0.2) is 24.3 Å². The van der Waals surface area contributed by atoms with Crippen molar-refractivity contribution in [3.05, 3.63) is 40.4 Å². The molecule has 0 saturated carbocycles. The van der Waals surface area contributed by atoms with Crippen LogP contribution < -0.4 is 0 Å². The van der Waals surface area contributed by atoms with Crippen LogP contribution in [-0.2, 0) is 5.88 Å². The number of halogens is 2. The van der Waals surface area contributed by atoms with Crippen molar-refractivity contribution in [1.29, 1.82) is 5.26 Å². The van der Waals surface area contributed by atoms with Crippen LogP contribution in [0.25, 0.3) is 6.08 Å². The summed E-state index contributed by atoms with van der Waals surface area (Å²) < 4.78 is 0. The normalized spacial score (nSPS) is 10.2. The number of rotatable bonds is 2. The lowest BCUT2D eigenvalue weighted by Gasteiger charge is -2.00. The van der Waals surface area contributed by atoms with E-state index in [0.29, 0.717) is 10.9 Å².